The molecule has 0 saturated carbocycles. The third-order valence-electron chi connectivity index (χ3n) is 1.49. The van der Waals surface area contributed by atoms with Gasteiger partial charge in [-0.2, -0.15) is 13.2 Å². The molecule has 1 unspecified atom stereocenters. The molecule has 0 radical (unpaired) electrons. The lowest BCUT2D eigenvalue weighted by molar-refractivity contribution is -0.233. The quantitative estimate of drug-likeness (QED) is 0.588. The van der Waals surface area contributed by atoms with Crippen molar-refractivity contribution < 1.29 is 37.5 Å². The summed E-state index contributed by atoms with van der Waals surface area (Å²) in [7, 11) is 0. The number of alkyl halides is 3. The topological polar surface area (TPSA) is 83.9 Å². The lowest BCUT2D eigenvalue weighted by atomic mass is 10.3. The van der Waals surface area contributed by atoms with Crippen molar-refractivity contribution in [2.24, 2.45) is 0 Å². The van der Waals surface area contributed by atoms with Gasteiger partial charge in [-0.3, -0.25) is 9.59 Å². The minimum Gasteiger partial charge on any atom is -0.383 e. The number of imide groups is 1. The summed E-state index contributed by atoms with van der Waals surface area (Å²) in [5, 5.41) is 8.38. The van der Waals surface area contributed by atoms with Crippen LogP contribution in [0.4, 0.5) is 13.2 Å². The van der Waals surface area contributed by atoms with Crippen LogP contribution in [-0.4, -0.2) is 40.2 Å². The summed E-state index contributed by atoms with van der Waals surface area (Å²) in [4.78, 5) is 35.3. The minimum atomic E-state index is -5.31. The number of carbonyl (C=O) groups excluding carboxylic acids is 3. The van der Waals surface area contributed by atoms with E-state index in [2.05, 4.69) is 4.84 Å². The Morgan fingerprint density at radius 1 is 1.47 bits per heavy atom. The summed E-state index contributed by atoms with van der Waals surface area (Å²) < 4.78 is 35.0. The first kappa shape index (κ1) is 11.4. The van der Waals surface area contributed by atoms with Crippen LogP contribution < -0.4 is 0 Å². The molecule has 1 heterocycles. The van der Waals surface area contributed by atoms with E-state index >= 15 is 0 Å². The van der Waals surface area contributed by atoms with Crippen molar-refractivity contribution in [1.29, 1.82) is 0 Å². The average molecular weight is 227 g/mol. The molecule has 9 heteroatoms. The first-order valence-corrected chi connectivity index (χ1v) is 3.57. The van der Waals surface area contributed by atoms with Crippen molar-refractivity contribution in [1.82, 2.24) is 5.06 Å². The highest BCUT2D eigenvalue weighted by Gasteiger charge is 2.47. The van der Waals surface area contributed by atoms with Crippen LogP contribution in [-0.2, 0) is 19.2 Å². The predicted molar refractivity (Wildman–Crippen MR) is 34.6 cm³/mol. The van der Waals surface area contributed by atoms with Crippen molar-refractivity contribution in [3.8, 4) is 0 Å². The van der Waals surface area contributed by atoms with E-state index in [1.807, 2.05) is 0 Å². The van der Waals surface area contributed by atoms with Gasteiger partial charge in [0.1, 0.15) is 6.10 Å². The highest BCUT2D eigenvalue weighted by Crippen LogP contribution is 2.20. The number of amides is 2. The van der Waals surface area contributed by atoms with Gasteiger partial charge in [0, 0.05) is 0 Å². The van der Waals surface area contributed by atoms with Crippen molar-refractivity contribution in [3.05, 3.63) is 0 Å². The summed E-state index contributed by atoms with van der Waals surface area (Å²) in [5.74, 6) is -5.29. The van der Waals surface area contributed by atoms with Crippen LogP contribution >= 0.6 is 0 Å². The number of hydroxylamine groups is 2. The van der Waals surface area contributed by atoms with Gasteiger partial charge >= 0.3 is 12.1 Å². The Morgan fingerprint density at radius 3 is 2.33 bits per heavy atom. The SMILES string of the molecule is O=C1CC(O)C(=O)N1OC(=O)C(F)(F)F. The summed E-state index contributed by atoms with van der Waals surface area (Å²) in [6.45, 7) is 0. The van der Waals surface area contributed by atoms with Gasteiger partial charge in [0.2, 0.25) is 0 Å². The highest BCUT2D eigenvalue weighted by molar-refractivity contribution is 6.04. The molecule has 0 bridgehead atoms. The standard InChI is InChI=1S/C6H4F3NO5/c7-6(8,9)5(14)15-10-3(12)1-2(11)4(10)13/h2,11H,1H2. The molecule has 1 rings (SSSR count). The molecule has 84 valence electrons. The molecule has 2 amide bonds. The van der Waals surface area contributed by atoms with Gasteiger partial charge in [0.15, 0.2) is 0 Å². The number of rotatable bonds is 1. The van der Waals surface area contributed by atoms with Crippen molar-refractivity contribution in [3.63, 3.8) is 0 Å². The Kier molecular flexibility index (Phi) is 2.67. The maximum atomic E-state index is 11.7. The van der Waals surface area contributed by atoms with Crippen LogP contribution in [0.15, 0.2) is 0 Å². The van der Waals surface area contributed by atoms with Crippen LogP contribution in [0.5, 0.6) is 0 Å². The fourth-order valence-electron chi connectivity index (χ4n) is 0.824. The van der Waals surface area contributed by atoms with Crippen LogP contribution in [0.25, 0.3) is 0 Å². The first-order valence-electron chi connectivity index (χ1n) is 3.57. The molecule has 0 aromatic heterocycles. The summed E-state index contributed by atoms with van der Waals surface area (Å²) in [6, 6.07) is 0. The largest absolute Gasteiger partial charge is 0.493 e. The molecule has 1 N–H and O–H groups in total. The second kappa shape index (κ2) is 3.50. The molecule has 1 fully saturated rings. The molecular formula is C6H4F3NO5. The van der Waals surface area contributed by atoms with Crippen LogP contribution in [0.1, 0.15) is 6.42 Å². The van der Waals surface area contributed by atoms with Gasteiger partial charge in [-0.25, -0.2) is 4.79 Å². The van der Waals surface area contributed by atoms with Crippen LogP contribution in [0.2, 0.25) is 0 Å². The molecule has 0 aliphatic carbocycles. The fraction of sp³-hybridized carbons (Fsp3) is 0.500. The normalized spacial score (nSPS) is 22.1. The van der Waals surface area contributed by atoms with Crippen molar-refractivity contribution in [2.75, 3.05) is 0 Å². The minimum absolute atomic E-state index is 0.388. The molecule has 6 nitrogen and oxygen atoms in total. The number of hydrogen-bond acceptors (Lipinski definition) is 5. The van der Waals surface area contributed by atoms with Gasteiger partial charge < -0.3 is 9.94 Å². The van der Waals surface area contributed by atoms with E-state index < -0.39 is 36.5 Å². The molecule has 1 atom stereocenters. The average Bonchev–Trinajstić information content (AvgIpc) is 2.30. The molecular weight excluding hydrogens is 223 g/mol. The van der Waals surface area contributed by atoms with E-state index in [-0.39, 0.29) is 5.06 Å². The Labute approximate surface area is 80.2 Å². The van der Waals surface area contributed by atoms with Crippen molar-refractivity contribution >= 4 is 17.8 Å². The lowest BCUT2D eigenvalue weighted by Crippen LogP contribution is -2.39. The van der Waals surface area contributed by atoms with Gasteiger partial charge in [-0.1, -0.05) is 5.06 Å². The van der Waals surface area contributed by atoms with Gasteiger partial charge in [0.25, 0.3) is 11.8 Å². The Balaban J connectivity index is 2.71. The van der Waals surface area contributed by atoms with E-state index in [0.29, 0.717) is 0 Å². The number of halogens is 3. The number of aliphatic hydroxyl groups is 1. The van der Waals surface area contributed by atoms with Gasteiger partial charge in [-0.05, 0) is 0 Å². The summed E-state index contributed by atoms with van der Waals surface area (Å²) >= 11 is 0. The lowest BCUT2D eigenvalue weighted by Gasteiger charge is -2.13. The molecule has 1 saturated heterocycles. The van der Waals surface area contributed by atoms with E-state index in [4.69, 9.17) is 5.11 Å². The number of aliphatic hydroxyl groups excluding tert-OH is 1. The highest BCUT2D eigenvalue weighted by atomic mass is 19.4. The van der Waals surface area contributed by atoms with Crippen molar-refractivity contribution in [2.45, 2.75) is 18.7 Å². The Bertz CT molecular complexity index is 325. The summed E-state index contributed by atoms with van der Waals surface area (Å²) in [5.41, 5.74) is 0. The Hall–Kier alpha value is -1.64. The summed E-state index contributed by atoms with van der Waals surface area (Å²) in [6.07, 6.45) is -7.78. The number of nitrogens with zero attached hydrogens (tertiary/aromatic N) is 1. The first-order chi connectivity index (χ1) is 6.73. The zero-order valence-corrected chi connectivity index (χ0v) is 6.95. The monoisotopic (exact) mass is 227 g/mol. The molecule has 15 heavy (non-hydrogen) atoms. The van der Waals surface area contributed by atoms with Gasteiger partial charge in [0.05, 0.1) is 6.42 Å². The zero-order chi connectivity index (χ0) is 11.8. The van der Waals surface area contributed by atoms with E-state index in [1.165, 1.54) is 0 Å². The van der Waals surface area contributed by atoms with E-state index in [0.717, 1.165) is 0 Å². The fourth-order valence-corrected chi connectivity index (χ4v) is 0.824. The Morgan fingerprint density at radius 2 is 2.00 bits per heavy atom. The molecule has 0 spiro atoms. The molecule has 0 aromatic rings. The molecule has 0 aromatic carbocycles. The third kappa shape index (κ3) is 2.24. The zero-order valence-electron chi connectivity index (χ0n) is 6.95. The molecule has 1 aliphatic heterocycles. The van der Waals surface area contributed by atoms with Gasteiger partial charge in [-0.15, -0.1) is 0 Å². The van der Waals surface area contributed by atoms with Crippen LogP contribution in [0.3, 0.4) is 0 Å². The van der Waals surface area contributed by atoms with Crippen LogP contribution in [0, 0.1) is 0 Å². The maximum Gasteiger partial charge on any atom is 0.493 e. The number of carbonyl (C=O) groups is 3. The second-order valence-electron chi connectivity index (χ2n) is 2.62. The third-order valence-corrected chi connectivity index (χ3v) is 1.49. The van der Waals surface area contributed by atoms with E-state index in [9.17, 15) is 27.6 Å². The maximum absolute atomic E-state index is 11.7. The van der Waals surface area contributed by atoms with E-state index in [1.54, 1.807) is 0 Å². The second-order valence-corrected chi connectivity index (χ2v) is 2.62. The molecule has 1 aliphatic rings. The smallest absolute Gasteiger partial charge is 0.383 e. The predicted octanol–water partition coefficient (Wildman–Crippen LogP) is -0.873. The number of hydrogen-bond donors (Lipinski definition) is 1.